The van der Waals surface area contributed by atoms with Gasteiger partial charge in [0.25, 0.3) is 5.91 Å². The summed E-state index contributed by atoms with van der Waals surface area (Å²) in [4.78, 5) is 25.4. The minimum absolute atomic E-state index is 0.375. The molecule has 0 aliphatic carbocycles. The van der Waals surface area contributed by atoms with Crippen molar-refractivity contribution in [2.24, 2.45) is 0 Å². The third kappa shape index (κ3) is 4.21. The van der Waals surface area contributed by atoms with Gasteiger partial charge in [0.1, 0.15) is 0 Å². The number of fused-ring (bicyclic) bond motifs is 1. The van der Waals surface area contributed by atoms with Crippen molar-refractivity contribution in [3.8, 4) is 5.69 Å². The van der Waals surface area contributed by atoms with Gasteiger partial charge in [0, 0.05) is 22.8 Å². The topological polar surface area (TPSA) is 60.3 Å². The number of carbonyl (C=O) groups excluding carboxylic acids is 2. The van der Waals surface area contributed by atoms with E-state index in [1.807, 2.05) is 91.2 Å². The Hall–Kier alpha value is -3.86. The van der Waals surface area contributed by atoms with E-state index >= 15 is 0 Å². The van der Waals surface area contributed by atoms with Crippen molar-refractivity contribution in [2.45, 2.75) is 26.9 Å². The van der Waals surface area contributed by atoms with Crippen molar-refractivity contribution < 1.29 is 14.3 Å². The van der Waals surface area contributed by atoms with Gasteiger partial charge in [-0.05, 0) is 61.9 Å². The van der Waals surface area contributed by atoms with Gasteiger partial charge in [-0.1, -0.05) is 48.5 Å². The summed E-state index contributed by atoms with van der Waals surface area (Å²) in [6.45, 7) is 5.38. The molecule has 1 atom stereocenters. The Kier molecular flexibility index (Phi) is 5.58. The molecule has 0 spiro atoms. The highest BCUT2D eigenvalue weighted by Gasteiger charge is 2.23. The number of para-hydroxylation sites is 1. The monoisotopic (exact) mass is 412 g/mol. The maximum Gasteiger partial charge on any atom is 0.340 e. The lowest BCUT2D eigenvalue weighted by Gasteiger charge is -2.14. The maximum absolute atomic E-state index is 12.8. The highest BCUT2D eigenvalue weighted by molar-refractivity contribution is 5.99. The summed E-state index contributed by atoms with van der Waals surface area (Å²) in [5.41, 5.74) is 3.78. The Bertz CT molecular complexity index is 1260. The van der Waals surface area contributed by atoms with Crippen molar-refractivity contribution in [3.05, 3.63) is 95.8 Å². The molecule has 1 unspecified atom stereocenters. The molecule has 1 aromatic heterocycles. The number of hydrogen-bond acceptors (Lipinski definition) is 3. The number of hydrogen-bond donors (Lipinski definition) is 1. The zero-order valence-electron chi connectivity index (χ0n) is 17.8. The molecule has 3 aromatic carbocycles. The third-order valence-electron chi connectivity index (χ3n) is 5.34. The average Bonchev–Trinajstić information content (AvgIpc) is 3.08. The van der Waals surface area contributed by atoms with Crippen LogP contribution in [0.3, 0.4) is 0 Å². The highest BCUT2D eigenvalue weighted by Crippen LogP contribution is 2.22. The molecule has 5 nitrogen and oxygen atoms in total. The van der Waals surface area contributed by atoms with Gasteiger partial charge in [0.2, 0.25) is 0 Å². The number of nitrogens with one attached hydrogen (secondary N) is 1. The molecule has 1 amide bonds. The number of nitrogens with zero attached hydrogens (tertiary/aromatic N) is 1. The normalized spacial score (nSPS) is 11.8. The van der Waals surface area contributed by atoms with E-state index in [4.69, 9.17) is 4.74 Å². The van der Waals surface area contributed by atoms with Crippen LogP contribution in [0.4, 0.5) is 5.69 Å². The largest absolute Gasteiger partial charge is 0.449 e. The number of rotatable bonds is 5. The van der Waals surface area contributed by atoms with Crippen LogP contribution in [0.1, 0.15) is 28.7 Å². The molecule has 0 aliphatic heterocycles. The Morgan fingerprint density at radius 1 is 0.871 bits per heavy atom. The van der Waals surface area contributed by atoms with Gasteiger partial charge < -0.3 is 14.6 Å². The molecule has 5 heteroatoms. The molecule has 0 saturated carbocycles. The molecule has 0 saturated heterocycles. The second-order valence-corrected chi connectivity index (χ2v) is 7.55. The fourth-order valence-corrected chi connectivity index (χ4v) is 3.73. The number of esters is 1. The van der Waals surface area contributed by atoms with E-state index in [0.29, 0.717) is 11.3 Å². The Labute approximate surface area is 181 Å². The van der Waals surface area contributed by atoms with Crippen LogP contribution in [0, 0.1) is 13.8 Å². The number of benzene rings is 3. The first kappa shape index (κ1) is 20.4. The van der Waals surface area contributed by atoms with E-state index in [0.717, 1.165) is 27.8 Å². The average molecular weight is 412 g/mol. The number of amides is 1. The predicted molar refractivity (Wildman–Crippen MR) is 123 cm³/mol. The Balaban J connectivity index is 1.47. The molecule has 4 rings (SSSR count). The predicted octanol–water partition coefficient (Wildman–Crippen LogP) is 5.43. The number of ether oxygens (including phenoxy) is 1. The van der Waals surface area contributed by atoms with E-state index in [2.05, 4.69) is 5.32 Å². The minimum Gasteiger partial charge on any atom is -0.449 e. The summed E-state index contributed by atoms with van der Waals surface area (Å²) in [7, 11) is 0. The quantitative estimate of drug-likeness (QED) is 0.445. The van der Waals surface area contributed by atoms with E-state index < -0.39 is 12.1 Å². The second-order valence-electron chi connectivity index (χ2n) is 7.55. The molecular weight excluding hydrogens is 388 g/mol. The first-order valence-corrected chi connectivity index (χ1v) is 10.2. The van der Waals surface area contributed by atoms with Crippen LogP contribution in [0.2, 0.25) is 0 Å². The molecular formula is C26H24N2O3. The van der Waals surface area contributed by atoms with Gasteiger partial charge in [-0.15, -0.1) is 0 Å². The smallest absolute Gasteiger partial charge is 0.340 e. The second kappa shape index (κ2) is 8.48. The first-order valence-electron chi connectivity index (χ1n) is 10.2. The molecule has 1 heterocycles. The lowest BCUT2D eigenvalue weighted by Crippen LogP contribution is -2.30. The number of aryl methyl sites for hydroxylation is 1. The summed E-state index contributed by atoms with van der Waals surface area (Å²) in [5.74, 6) is -0.892. The zero-order valence-corrected chi connectivity index (χ0v) is 17.8. The maximum atomic E-state index is 12.8. The fourth-order valence-electron chi connectivity index (χ4n) is 3.73. The lowest BCUT2D eigenvalue weighted by molar-refractivity contribution is -0.123. The molecule has 0 radical (unpaired) electrons. The number of anilines is 1. The lowest BCUT2D eigenvalue weighted by atomic mass is 10.1. The molecule has 31 heavy (non-hydrogen) atoms. The van der Waals surface area contributed by atoms with Crippen LogP contribution >= 0.6 is 0 Å². The number of carbonyl (C=O) groups is 2. The van der Waals surface area contributed by atoms with E-state index in [1.54, 1.807) is 13.0 Å². The fraction of sp³-hybridized carbons (Fsp3) is 0.154. The van der Waals surface area contributed by atoms with E-state index in [1.165, 1.54) is 0 Å². The van der Waals surface area contributed by atoms with Crippen LogP contribution in [-0.4, -0.2) is 22.5 Å². The van der Waals surface area contributed by atoms with Crippen LogP contribution in [0.25, 0.3) is 16.5 Å². The SMILES string of the molecule is Cc1cc(C(=O)OC(C)C(=O)Nc2ccc3ccccc3c2)c(C)n1-c1ccccc1. The first-order chi connectivity index (χ1) is 14.9. The van der Waals surface area contributed by atoms with Gasteiger partial charge in [-0.3, -0.25) is 4.79 Å². The summed E-state index contributed by atoms with van der Waals surface area (Å²) < 4.78 is 7.48. The van der Waals surface area contributed by atoms with Crippen molar-refractivity contribution in [1.29, 1.82) is 0 Å². The molecule has 1 N–H and O–H groups in total. The molecule has 0 fully saturated rings. The standard InChI is InChI=1S/C26H24N2O3/c1-17-15-24(18(2)28(17)23-11-5-4-6-12-23)26(30)31-19(3)25(29)27-22-14-13-20-9-7-8-10-21(20)16-22/h4-16,19H,1-3H3,(H,27,29). The number of aromatic nitrogens is 1. The van der Waals surface area contributed by atoms with Crippen LogP contribution in [-0.2, 0) is 9.53 Å². The molecule has 0 aliphatic rings. The molecule has 0 bridgehead atoms. The third-order valence-corrected chi connectivity index (χ3v) is 5.34. The Morgan fingerprint density at radius 2 is 1.55 bits per heavy atom. The van der Waals surface area contributed by atoms with Crippen molar-refractivity contribution in [3.63, 3.8) is 0 Å². The van der Waals surface area contributed by atoms with Gasteiger partial charge in [0.15, 0.2) is 6.10 Å². The summed E-state index contributed by atoms with van der Waals surface area (Å²) in [6.07, 6.45) is -0.932. The summed E-state index contributed by atoms with van der Waals surface area (Å²) in [6, 6.07) is 25.2. The van der Waals surface area contributed by atoms with Gasteiger partial charge >= 0.3 is 5.97 Å². The van der Waals surface area contributed by atoms with E-state index in [9.17, 15) is 9.59 Å². The van der Waals surface area contributed by atoms with Crippen LogP contribution in [0.5, 0.6) is 0 Å². The minimum atomic E-state index is -0.932. The summed E-state index contributed by atoms with van der Waals surface area (Å²) in [5, 5.41) is 4.94. The zero-order chi connectivity index (χ0) is 22.0. The molecule has 4 aromatic rings. The van der Waals surface area contributed by atoms with Crippen molar-refractivity contribution in [2.75, 3.05) is 5.32 Å². The van der Waals surface area contributed by atoms with Gasteiger partial charge in [-0.2, -0.15) is 0 Å². The Morgan fingerprint density at radius 3 is 2.29 bits per heavy atom. The highest BCUT2D eigenvalue weighted by atomic mass is 16.5. The molecule has 156 valence electrons. The van der Waals surface area contributed by atoms with Gasteiger partial charge in [-0.25, -0.2) is 4.79 Å². The van der Waals surface area contributed by atoms with Crippen molar-refractivity contribution >= 4 is 28.3 Å². The van der Waals surface area contributed by atoms with Crippen LogP contribution in [0.15, 0.2) is 78.9 Å². The van der Waals surface area contributed by atoms with Crippen LogP contribution < -0.4 is 5.32 Å². The summed E-state index contributed by atoms with van der Waals surface area (Å²) >= 11 is 0. The van der Waals surface area contributed by atoms with Gasteiger partial charge in [0.05, 0.1) is 5.56 Å². The van der Waals surface area contributed by atoms with Crippen molar-refractivity contribution in [1.82, 2.24) is 4.57 Å². The van der Waals surface area contributed by atoms with E-state index in [-0.39, 0.29) is 5.91 Å².